The third-order valence-corrected chi connectivity index (χ3v) is 6.59. The van der Waals surface area contributed by atoms with Crippen LogP contribution in [0.25, 0.3) is 11.0 Å². The minimum absolute atomic E-state index is 0.0145. The molecule has 1 aromatic heterocycles. The van der Waals surface area contributed by atoms with Gasteiger partial charge >= 0.3 is 0 Å². The molecule has 0 amide bonds. The zero-order chi connectivity index (χ0) is 24.1. The highest BCUT2D eigenvalue weighted by molar-refractivity contribution is 9.10. The van der Waals surface area contributed by atoms with Crippen LogP contribution in [0.5, 0.6) is 11.5 Å². The number of aromatic nitrogens is 2. The molecule has 0 aliphatic carbocycles. The Balaban J connectivity index is 1.80. The Morgan fingerprint density at radius 1 is 0.824 bits per heavy atom. The van der Waals surface area contributed by atoms with Crippen molar-refractivity contribution < 1.29 is 17.9 Å². The number of sulfonamides is 1. The van der Waals surface area contributed by atoms with Crippen LogP contribution in [0, 0.1) is 0 Å². The van der Waals surface area contributed by atoms with Gasteiger partial charge in [0.05, 0.1) is 29.9 Å². The minimum atomic E-state index is -4.07. The van der Waals surface area contributed by atoms with E-state index in [-0.39, 0.29) is 22.3 Å². The lowest BCUT2D eigenvalue weighted by molar-refractivity contribution is 0.331. The Morgan fingerprint density at radius 3 is 2.15 bits per heavy atom. The molecule has 3 aromatic carbocycles. The van der Waals surface area contributed by atoms with Crippen LogP contribution >= 0.6 is 15.9 Å². The molecule has 0 saturated heterocycles. The summed E-state index contributed by atoms with van der Waals surface area (Å²) in [6.07, 6.45) is 0. The lowest BCUT2D eigenvalue weighted by Crippen LogP contribution is -2.17. The van der Waals surface area contributed by atoms with E-state index in [2.05, 4.69) is 35.9 Å². The van der Waals surface area contributed by atoms with E-state index in [0.29, 0.717) is 40.2 Å². The normalized spacial score (nSPS) is 11.3. The van der Waals surface area contributed by atoms with Gasteiger partial charge in [0.1, 0.15) is 16.4 Å². The van der Waals surface area contributed by atoms with E-state index in [1.807, 2.05) is 49.4 Å². The van der Waals surface area contributed by atoms with Crippen molar-refractivity contribution >= 4 is 54.3 Å². The van der Waals surface area contributed by atoms with Crippen LogP contribution in [0.4, 0.5) is 17.3 Å². The van der Waals surface area contributed by atoms with Crippen molar-refractivity contribution in [3.8, 4) is 11.5 Å². The monoisotopic (exact) mass is 542 g/mol. The summed E-state index contributed by atoms with van der Waals surface area (Å²) in [4.78, 5) is 9.16. The van der Waals surface area contributed by atoms with Crippen LogP contribution in [-0.2, 0) is 10.0 Å². The minimum Gasteiger partial charge on any atom is -0.492 e. The van der Waals surface area contributed by atoms with Gasteiger partial charge in [0.25, 0.3) is 10.0 Å². The number of hydrogen-bond acceptors (Lipinski definition) is 7. The zero-order valence-corrected chi connectivity index (χ0v) is 21.0. The number of hydrogen-bond donors (Lipinski definition) is 2. The molecule has 0 atom stereocenters. The second-order valence-corrected chi connectivity index (χ2v) is 9.66. The molecule has 176 valence electrons. The first kappa shape index (κ1) is 23.8. The van der Waals surface area contributed by atoms with E-state index in [1.165, 1.54) is 6.07 Å². The van der Waals surface area contributed by atoms with Gasteiger partial charge < -0.3 is 14.8 Å². The van der Waals surface area contributed by atoms with Crippen molar-refractivity contribution in [2.24, 2.45) is 0 Å². The van der Waals surface area contributed by atoms with Crippen molar-refractivity contribution in [1.29, 1.82) is 0 Å². The third kappa shape index (κ3) is 5.23. The van der Waals surface area contributed by atoms with Crippen molar-refractivity contribution in [3.63, 3.8) is 0 Å². The average Bonchev–Trinajstić information content (AvgIpc) is 2.82. The Hall–Kier alpha value is -3.37. The fourth-order valence-corrected chi connectivity index (χ4v) is 4.98. The van der Waals surface area contributed by atoms with E-state index in [0.717, 1.165) is 0 Å². The Bertz CT molecular complexity index is 1430. The summed E-state index contributed by atoms with van der Waals surface area (Å²) >= 11 is 3.34. The van der Waals surface area contributed by atoms with Crippen molar-refractivity contribution in [3.05, 3.63) is 71.2 Å². The first-order valence-corrected chi connectivity index (χ1v) is 12.9. The van der Waals surface area contributed by atoms with E-state index in [9.17, 15) is 8.42 Å². The molecule has 0 fully saturated rings. The number of benzene rings is 3. The molecule has 8 nitrogen and oxygen atoms in total. The maximum atomic E-state index is 13.4. The Kier molecular flexibility index (Phi) is 7.18. The lowest BCUT2D eigenvalue weighted by atomic mass is 10.3. The molecule has 0 aliphatic rings. The largest absolute Gasteiger partial charge is 0.492 e. The molecule has 1 heterocycles. The van der Waals surface area contributed by atoms with Crippen LogP contribution in [0.15, 0.2) is 76.1 Å². The molecule has 0 spiro atoms. The smallest absolute Gasteiger partial charge is 0.266 e. The Morgan fingerprint density at radius 2 is 1.44 bits per heavy atom. The van der Waals surface area contributed by atoms with Crippen LogP contribution in [0.3, 0.4) is 0 Å². The van der Waals surface area contributed by atoms with Crippen molar-refractivity contribution in [1.82, 2.24) is 9.97 Å². The molecular formula is C24H23BrN4O4S. The van der Waals surface area contributed by atoms with E-state index < -0.39 is 10.0 Å². The number of ether oxygens (including phenoxy) is 2. The van der Waals surface area contributed by atoms with Gasteiger partial charge in [-0.05, 0) is 56.3 Å². The molecule has 0 bridgehead atoms. The highest BCUT2D eigenvalue weighted by Gasteiger charge is 2.24. The summed E-state index contributed by atoms with van der Waals surface area (Å²) in [5.74, 6) is 1.14. The predicted molar refractivity (Wildman–Crippen MR) is 137 cm³/mol. The first-order chi connectivity index (χ1) is 16.4. The average molecular weight is 543 g/mol. The molecule has 0 unspecified atom stereocenters. The molecule has 0 aliphatic heterocycles. The summed E-state index contributed by atoms with van der Waals surface area (Å²) in [5.41, 5.74) is 1.79. The Labute approximate surface area is 206 Å². The van der Waals surface area contributed by atoms with Gasteiger partial charge in [-0.1, -0.05) is 40.2 Å². The summed E-state index contributed by atoms with van der Waals surface area (Å²) in [6, 6.07) is 19.4. The molecular weight excluding hydrogens is 520 g/mol. The standard InChI is InChI=1S/C24H23BrN4O4S/c1-3-32-20-12-8-7-11-19(20)28-23-24(27-18-10-6-5-9-17(18)26-23)29-34(30,31)22-15-16(25)13-14-21(22)33-4-2/h5-15H,3-4H2,1-2H3,(H,26,28)(H,27,29). The van der Waals surface area contributed by atoms with Crippen LogP contribution in [0.1, 0.15) is 13.8 Å². The van der Waals surface area contributed by atoms with E-state index in [1.54, 1.807) is 25.1 Å². The number of nitrogens with zero attached hydrogens (tertiary/aromatic N) is 2. The molecule has 4 aromatic rings. The van der Waals surface area contributed by atoms with E-state index in [4.69, 9.17) is 9.47 Å². The maximum absolute atomic E-state index is 13.4. The SMILES string of the molecule is CCOc1ccccc1Nc1nc2ccccc2nc1NS(=O)(=O)c1cc(Br)ccc1OCC. The van der Waals surface area contributed by atoms with Gasteiger partial charge in [-0.25, -0.2) is 18.4 Å². The van der Waals surface area contributed by atoms with Gasteiger partial charge in [0, 0.05) is 4.47 Å². The zero-order valence-electron chi connectivity index (χ0n) is 18.6. The summed E-state index contributed by atoms with van der Waals surface area (Å²) in [5, 5.41) is 3.18. The molecule has 10 heteroatoms. The highest BCUT2D eigenvalue weighted by Crippen LogP contribution is 2.33. The number of anilines is 3. The van der Waals surface area contributed by atoms with Gasteiger partial charge in [-0.3, -0.25) is 4.72 Å². The number of nitrogens with one attached hydrogen (secondary N) is 2. The van der Waals surface area contributed by atoms with Crippen molar-refractivity contribution in [2.75, 3.05) is 23.3 Å². The number of fused-ring (bicyclic) bond motifs is 1. The fraction of sp³-hybridized carbons (Fsp3) is 0.167. The second-order valence-electron chi connectivity index (χ2n) is 7.09. The molecule has 4 rings (SSSR count). The first-order valence-electron chi connectivity index (χ1n) is 10.6. The van der Waals surface area contributed by atoms with Crippen molar-refractivity contribution in [2.45, 2.75) is 18.7 Å². The van der Waals surface area contributed by atoms with Gasteiger partial charge in [0.15, 0.2) is 11.6 Å². The van der Waals surface area contributed by atoms with Crippen LogP contribution in [-0.4, -0.2) is 31.6 Å². The third-order valence-electron chi connectivity index (χ3n) is 4.74. The predicted octanol–water partition coefficient (Wildman–Crippen LogP) is 5.73. The lowest BCUT2D eigenvalue weighted by Gasteiger charge is -2.17. The maximum Gasteiger partial charge on any atom is 0.266 e. The summed E-state index contributed by atoms with van der Waals surface area (Å²) in [6.45, 7) is 4.48. The van der Waals surface area contributed by atoms with Gasteiger partial charge in [-0.2, -0.15) is 0 Å². The molecule has 0 saturated carbocycles. The van der Waals surface area contributed by atoms with Crippen LogP contribution in [0.2, 0.25) is 0 Å². The quantitative estimate of drug-likeness (QED) is 0.278. The summed E-state index contributed by atoms with van der Waals surface area (Å²) < 4.78 is 41.3. The molecule has 2 N–H and O–H groups in total. The second kappa shape index (κ2) is 10.3. The highest BCUT2D eigenvalue weighted by atomic mass is 79.9. The number of rotatable bonds is 9. The molecule has 0 radical (unpaired) electrons. The van der Waals surface area contributed by atoms with Gasteiger partial charge in [0.2, 0.25) is 0 Å². The fourth-order valence-electron chi connectivity index (χ4n) is 3.29. The summed E-state index contributed by atoms with van der Waals surface area (Å²) in [7, 11) is -4.07. The van der Waals surface area contributed by atoms with E-state index >= 15 is 0 Å². The van der Waals surface area contributed by atoms with Gasteiger partial charge in [-0.15, -0.1) is 0 Å². The number of para-hydroxylation sites is 4. The topological polar surface area (TPSA) is 102 Å². The number of halogens is 1. The van der Waals surface area contributed by atoms with Crippen LogP contribution < -0.4 is 19.5 Å². The molecule has 34 heavy (non-hydrogen) atoms.